The maximum absolute atomic E-state index is 13.8. The Morgan fingerprint density at radius 1 is 0.652 bits per heavy atom. The molecule has 0 atom stereocenters. The van der Waals surface area contributed by atoms with Crippen LogP contribution in [0.3, 0.4) is 0 Å². The molecular weight excluding hydrogens is 594 g/mol. The minimum absolute atomic E-state index is 0.0922. The Hall–Kier alpha value is -5.45. The second kappa shape index (κ2) is 14.6. The highest BCUT2D eigenvalue weighted by Gasteiger charge is 2.34. The fourth-order valence-electron chi connectivity index (χ4n) is 5.51. The van der Waals surface area contributed by atoms with E-state index >= 15 is 0 Å². The highest BCUT2D eigenvalue weighted by Crippen LogP contribution is 2.46. The lowest BCUT2D eigenvalue weighted by atomic mass is 9.91. The average molecular weight is 632 g/mol. The Bertz CT molecular complexity index is 1770. The lowest BCUT2D eigenvalue weighted by Gasteiger charge is -2.16. The second-order valence-corrected chi connectivity index (χ2v) is 10.1. The molecule has 0 amide bonds. The largest absolute Gasteiger partial charge is 0.496 e. The van der Waals surface area contributed by atoms with Crippen LogP contribution in [0, 0.1) is 6.92 Å². The molecule has 11 nitrogen and oxygen atoms in total. The molecule has 0 unspecified atom stereocenters. The normalized spacial score (nSPS) is 10.6. The molecule has 0 aliphatic rings. The van der Waals surface area contributed by atoms with Crippen molar-refractivity contribution in [3.8, 4) is 51.0 Å². The van der Waals surface area contributed by atoms with Gasteiger partial charge in [-0.3, -0.25) is 4.79 Å². The zero-order valence-corrected chi connectivity index (χ0v) is 27.1. The molecule has 0 aliphatic heterocycles. The first-order valence-corrected chi connectivity index (χ1v) is 14.2. The number of nitrogens with zero attached hydrogens (tertiary/aromatic N) is 1. The second-order valence-electron chi connectivity index (χ2n) is 10.1. The molecule has 11 heteroatoms. The SMILES string of the molecule is COC(=O)c1c(-c2ccc(OC)c(C=O)c2)c(-c2cc(OC)c(OC)cc2C)c(C(=O)OC)n1CCc1ccc(OC)c(OC)c1. The number of carbonyl (C=O) groups is 3. The predicted octanol–water partition coefficient (Wildman–Crippen LogP) is 5.80. The number of rotatable bonds is 13. The topological polar surface area (TPSA) is 121 Å². The van der Waals surface area contributed by atoms with Crippen molar-refractivity contribution >= 4 is 18.2 Å². The van der Waals surface area contributed by atoms with Crippen molar-refractivity contribution in [2.75, 3.05) is 49.8 Å². The van der Waals surface area contributed by atoms with Gasteiger partial charge in [0.2, 0.25) is 0 Å². The van der Waals surface area contributed by atoms with Gasteiger partial charge in [-0.2, -0.15) is 0 Å². The minimum Gasteiger partial charge on any atom is -0.496 e. The monoisotopic (exact) mass is 631 g/mol. The van der Waals surface area contributed by atoms with E-state index in [1.165, 1.54) is 35.5 Å². The van der Waals surface area contributed by atoms with Gasteiger partial charge in [-0.1, -0.05) is 12.1 Å². The number of aldehydes is 1. The summed E-state index contributed by atoms with van der Waals surface area (Å²) < 4.78 is 39.6. The van der Waals surface area contributed by atoms with Crippen LogP contribution in [0.2, 0.25) is 0 Å². The fourth-order valence-corrected chi connectivity index (χ4v) is 5.51. The van der Waals surface area contributed by atoms with Crippen molar-refractivity contribution in [2.24, 2.45) is 0 Å². The van der Waals surface area contributed by atoms with E-state index in [2.05, 4.69) is 0 Å². The number of hydrogen-bond acceptors (Lipinski definition) is 10. The molecule has 4 aromatic rings. The first-order chi connectivity index (χ1) is 22.2. The molecular formula is C35H37NO10. The first-order valence-electron chi connectivity index (χ1n) is 14.2. The molecule has 0 aliphatic carbocycles. The van der Waals surface area contributed by atoms with Gasteiger partial charge in [0.1, 0.15) is 17.1 Å². The molecule has 4 rings (SSSR count). The Kier molecular flexibility index (Phi) is 10.6. The van der Waals surface area contributed by atoms with Gasteiger partial charge in [0, 0.05) is 17.7 Å². The number of carbonyl (C=O) groups excluding carboxylic acids is 3. The highest BCUT2D eigenvalue weighted by molar-refractivity contribution is 6.10. The van der Waals surface area contributed by atoms with Crippen molar-refractivity contribution in [1.29, 1.82) is 0 Å². The third-order valence-corrected chi connectivity index (χ3v) is 7.74. The zero-order chi connectivity index (χ0) is 33.5. The number of methoxy groups -OCH3 is 7. The average Bonchev–Trinajstić information content (AvgIpc) is 3.43. The number of benzene rings is 3. The maximum atomic E-state index is 13.8. The van der Waals surface area contributed by atoms with E-state index < -0.39 is 11.9 Å². The highest BCUT2D eigenvalue weighted by atomic mass is 16.5. The van der Waals surface area contributed by atoms with Crippen LogP contribution in [0.1, 0.15) is 42.5 Å². The van der Waals surface area contributed by atoms with Crippen molar-refractivity contribution in [3.05, 3.63) is 76.6 Å². The number of aromatic nitrogens is 1. The number of esters is 2. The Morgan fingerprint density at radius 2 is 1.20 bits per heavy atom. The zero-order valence-electron chi connectivity index (χ0n) is 27.1. The quantitative estimate of drug-likeness (QED) is 0.132. The first kappa shape index (κ1) is 33.4. The summed E-state index contributed by atoms with van der Waals surface area (Å²) in [4.78, 5) is 39.6. The summed E-state index contributed by atoms with van der Waals surface area (Å²) in [6.45, 7) is 2.02. The van der Waals surface area contributed by atoms with E-state index in [1.807, 2.05) is 19.1 Å². The van der Waals surface area contributed by atoms with Gasteiger partial charge in [0.25, 0.3) is 0 Å². The summed E-state index contributed by atoms with van der Waals surface area (Å²) in [5, 5.41) is 0. The van der Waals surface area contributed by atoms with Gasteiger partial charge in [-0.05, 0) is 72.0 Å². The molecule has 0 bridgehead atoms. The smallest absolute Gasteiger partial charge is 0.355 e. The van der Waals surface area contributed by atoms with E-state index in [4.69, 9.17) is 33.2 Å². The van der Waals surface area contributed by atoms with Crippen LogP contribution >= 0.6 is 0 Å². The van der Waals surface area contributed by atoms with Crippen LogP contribution in [0.4, 0.5) is 0 Å². The van der Waals surface area contributed by atoms with Crippen molar-refractivity contribution in [2.45, 2.75) is 19.9 Å². The molecule has 0 spiro atoms. The van der Waals surface area contributed by atoms with Gasteiger partial charge < -0.3 is 37.7 Å². The van der Waals surface area contributed by atoms with Crippen molar-refractivity contribution in [1.82, 2.24) is 4.57 Å². The predicted molar refractivity (Wildman–Crippen MR) is 171 cm³/mol. The lowest BCUT2D eigenvalue weighted by Crippen LogP contribution is -2.18. The minimum atomic E-state index is -0.694. The van der Waals surface area contributed by atoms with Gasteiger partial charge in [0.05, 0.1) is 55.3 Å². The van der Waals surface area contributed by atoms with Gasteiger partial charge in [-0.25, -0.2) is 9.59 Å². The van der Waals surface area contributed by atoms with E-state index in [1.54, 1.807) is 55.2 Å². The van der Waals surface area contributed by atoms with Crippen molar-refractivity contribution < 1.29 is 47.5 Å². The number of ether oxygens (including phenoxy) is 7. The molecule has 0 saturated carbocycles. The molecule has 46 heavy (non-hydrogen) atoms. The molecule has 242 valence electrons. The Balaban J connectivity index is 2.13. The fraction of sp³-hybridized carbons (Fsp3) is 0.286. The molecule has 1 heterocycles. The van der Waals surface area contributed by atoms with E-state index in [0.717, 1.165) is 11.1 Å². The van der Waals surface area contributed by atoms with Crippen LogP contribution < -0.4 is 23.7 Å². The number of hydrogen-bond donors (Lipinski definition) is 0. The summed E-state index contributed by atoms with van der Waals surface area (Å²) in [7, 11) is 10.1. The molecule has 1 aromatic heterocycles. The summed E-state index contributed by atoms with van der Waals surface area (Å²) in [6, 6.07) is 14.0. The Morgan fingerprint density at radius 3 is 1.76 bits per heavy atom. The van der Waals surface area contributed by atoms with Crippen LogP contribution in [0.15, 0.2) is 48.5 Å². The van der Waals surface area contributed by atoms with Crippen LogP contribution in [0.25, 0.3) is 22.3 Å². The van der Waals surface area contributed by atoms with Gasteiger partial charge in [0.15, 0.2) is 29.3 Å². The third kappa shape index (κ3) is 6.21. The van der Waals surface area contributed by atoms with Crippen molar-refractivity contribution in [3.63, 3.8) is 0 Å². The molecule has 0 N–H and O–H groups in total. The molecule has 0 saturated heterocycles. The molecule has 3 aromatic carbocycles. The maximum Gasteiger partial charge on any atom is 0.355 e. The molecule has 0 fully saturated rings. The van der Waals surface area contributed by atoms with E-state index in [0.29, 0.717) is 63.7 Å². The van der Waals surface area contributed by atoms with Gasteiger partial charge in [-0.15, -0.1) is 0 Å². The lowest BCUT2D eigenvalue weighted by molar-refractivity contribution is 0.0578. The summed E-state index contributed by atoms with van der Waals surface area (Å²) in [5.41, 5.74) is 3.84. The van der Waals surface area contributed by atoms with Crippen LogP contribution in [-0.4, -0.2) is 72.6 Å². The summed E-state index contributed by atoms with van der Waals surface area (Å²) in [6.07, 6.45) is 1.05. The standard InChI is InChI=1S/C35H37NO10/c1-20-15-27(42-4)29(44-6)18-24(20)31-30(22-10-12-25(40-2)23(17-22)19-37)32(34(38)45-7)36(33(31)35(39)46-8)14-13-21-9-11-26(41-3)28(16-21)43-5/h9-12,15-19H,13-14H2,1-8H3. The van der Waals surface area contributed by atoms with Crippen LogP contribution in [0.5, 0.6) is 28.7 Å². The van der Waals surface area contributed by atoms with E-state index in [-0.39, 0.29) is 23.5 Å². The van der Waals surface area contributed by atoms with Gasteiger partial charge >= 0.3 is 11.9 Å². The molecule has 0 radical (unpaired) electrons. The number of aryl methyl sites for hydroxylation is 2. The van der Waals surface area contributed by atoms with E-state index in [9.17, 15) is 14.4 Å². The third-order valence-electron chi connectivity index (χ3n) is 7.74. The Labute approximate surface area is 267 Å². The summed E-state index contributed by atoms with van der Waals surface area (Å²) >= 11 is 0. The van der Waals surface area contributed by atoms with Crippen LogP contribution in [-0.2, 0) is 22.4 Å². The summed E-state index contributed by atoms with van der Waals surface area (Å²) in [5.74, 6) is 0.970.